The fraction of sp³-hybridized carbons (Fsp3) is 0.500. The van der Waals surface area contributed by atoms with Crippen LogP contribution in [0.4, 0.5) is 17.1 Å². The van der Waals surface area contributed by atoms with E-state index < -0.39 is 0 Å². The van der Waals surface area contributed by atoms with Gasteiger partial charge in [0.1, 0.15) is 0 Å². The molecule has 0 aliphatic carbocycles. The summed E-state index contributed by atoms with van der Waals surface area (Å²) in [5.74, 6) is 0.626. The lowest BCUT2D eigenvalue weighted by Gasteiger charge is -2.27. The van der Waals surface area contributed by atoms with Gasteiger partial charge >= 0.3 is 0 Å². The molecule has 0 saturated carbocycles. The van der Waals surface area contributed by atoms with Crippen molar-refractivity contribution in [2.45, 2.75) is 27.2 Å². The highest BCUT2D eigenvalue weighted by Crippen LogP contribution is 2.33. The number of hydrogen-bond acceptors (Lipinski definition) is 3. The number of nitrogen functional groups attached to an aromatic ring is 1. The standard InChI is InChI=1S/C14H21N3O/c1-4-17(8-9(2)3)13-7-12-10(5-11(13)15)6-14(18)16-12/h5,7,9H,4,6,8,15H2,1-3H3,(H,16,18). The second-order valence-electron chi connectivity index (χ2n) is 5.23. The predicted molar refractivity (Wildman–Crippen MR) is 75.9 cm³/mol. The van der Waals surface area contributed by atoms with Crippen LogP contribution in [0.1, 0.15) is 26.3 Å². The van der Waals surface area contributed by atoms with E-state index in [1.165, 1.54) is 0 Å². The highest BCUT2D eigenvalue weighted by molar-refractivity contribution is 6.00. The monoisotopic (exact) mass is 247 g/mol. The molecule has 18 heavy (non-hydrogen) atoms. The van der Waals surface area contributed by atoms with E-state index in [-0.39, 0.29) is 5.91 Å². The predicted octanol–water partition coefficient (Wildman–Crippen LogP) is 2.25. The molecule has 0 atom stereocenters. The molecular weight excluding hydrogens is 226 g/mol. The van der Waals surface area contributed by atoms with Crippen LogP contribution in [-0.4, -0.2) is 19.0 Å². The van der Waals surface area contributed by atoms with Crippen molar-refractivity contribution in [3.8, 4) is 0 Å². The maximum atomic E-state index is 11.4. The fourth-order valence-corrected chi connectivity index (χ4v) is 2.39. The Morgan fingerprint density at radius 2 is 2.17 bits per heavy atom. The lowest BCUT2D eigenvalue weighted by Crippen LogP contribution is -2.28. The van der Waals surface area contributed by atoms with E-state index in [4.69, 9.17) is 5.73 Å². The number of rotatable bonds is 4. The molecule has 1 aliphatic rings. The topological polar surface area (TPSA) is 58.4 Å². The zero-order chi connectivity index (χ0) is 13.3. The fourth-order valence-electron chi connectivity index (χ4n) is 2.39. The van der Waals surface area contributed by atoms with Crippen molar-refractivity contribution >= 4 is 23.0 Å². The number of nitrogens with two attached hydrogens (primary N) is 1. The minimum absolute atomic E-state index is 0.0495. The zero-order valence-electron chi connectivity index (χ0n) is 11.3. The summed E-state index contributed by atoms with van der Waals surface area (Å²) in [7, 11) is 0. The average Bonchev–Trinajstić information content (AvgIpc) is 2.64. The van der Waals surface area contributed by atoms with Gasteiger partial charge in [-0.25, -0.2) is 0 Å². The van der Waals surface area contributed by atoms with E-state index in [0.29, 0.717) is 12.3 Å². The highest BCUT2D eigenvalue weighted by Gasteiger charge is 2.21. The van der Waals surface area contributed by atoms with Crippen LogP contribution in [0.2, 0.25) is 0 Å². The molecule has 0 spiro atoms. The van der Waals surface area contributed by atoms with E-state index in [0.717, 1.165) is 35.7 Å². The summed E-state index contributed by atoms with van der Waals surface area (Å²) in [4.78, 5) is 13.6. The van der Waals surface area contributed by atoms with Crippen LogP contribution in [0.5, 0.6) is 0 Å². The van der Waals surface area contributed by atoms with E-state index in [1.54, 1.807) is 0 Å². The van der Waals surface area contributed by atoms with Gasteiger partial charge in [0, 0.05) is 18.8 Å². The number of fused-ring (bicyclic) bond motifs is 1. The third kappa shape index (κ3) is 2.42. The molecule has 0 unspecified atom stereocenters. The third-order valence-electron chi connectivity index (χ3n) is 3.19. The molecule has 0 aromatic heterocycles. The molecule has 1 amide bonds. The number of anilines is 3. The number of amides is 1. The van der Waals surface area contributed by atoms with Gasteiger partial charge in [-0.2, -0.15) is 0 Å². The van der Waals surface area contributed by atoms with Crippen LogP contribution in [0.25, 0.3) is 0 Å². The quantitative estimate of drug-likeness (QED) is 0.802. The summed E-state index contributed by atoms with van der Waals surface area (Å²) < 4.78 is 0. The molecule has 1 aliphatic heterocycles. The lowest BCUT2D eigenvalue weighted by molar-refractivity contribution is -0.115. The number of hydrogen-bond donors (Lipinski definition) is 2. The molecule has 0 bridgehead atoms. The number of carbonyl (C=O) groups excluding carboxylic acids is 1. The van der Waals surface area contributed by atoms with Crippen LogP contribution in [0.15, 0.2) is 12.1 Å². The summed E-state index contributed by atoms with van der Waals surface area (Å²) in [6.07, 6.45) is 0.441. The van der Waals surface area contributed by atoms with Crippen molar-refractivity contribution in [2.24, 2.45) is 5.92 Å². The molecule has 1 heterocycles. The molecule has 98 valence electrons. The molecule has 0 fully saturated rings. The largest absolute Gasteiger partial charge is 0.397 e. The van der Waals surface area contributed by atoms with E-state index in [9.17, 15) is 4.79 Å². The van der Waals surface area contributed by atoms with E-state index in [2.05, 4.69) is 31.0 Å². The normalized spacial score (nSPS) is 13.7. The van der Waals surface area contributed by atoms with Crippen molar-refractivity contribution in [3.63, 3.8) is 0 Å². The van der Waals surface area contributed by atoms with Crippen molar-refractivity contribution in [3.05, 3.63) is 17.7 Å². The molecule has 0 saturated heterocycles. The lowest BCUT2D eigenvalue weighted by atomic mass is 10.1. The van der Waals surface area contributed by atoms with Gasteiger partial charge in [-0.1, -0.05) is 13.8 Å². The molecule has 0 radical (unpaired) electrons. The van der Waals surface area contributed by atoms with Crippen LogP contribution in [0, 0.1) is 5.92 Å². The summed E-state index contributed by atoms with van der Waals surface area (Å²) >= 11 is 0. The van der Waals surface area contributed by atoms with Crippen molar-refractivity contribution in [2.75, 3.05) is 29.0 Å². The Balaban J connectivity index is 2.33. The number of nitrogens with one attached hydrogen (secondary N) is 1. The second-order valence-corrected chi connectivity index (χ2v) is 5.23. The first-order valence-corrected chi connectivity index (χ1v) is 6.48. The highest BCUT2D eigenvalue weighted by atomic mass is 16.1. The minimum Gasteiger partial charge on any atom is -0.397 e. The zero-order valence-corrected chi connectivity index (χ0v) is 11.3. The van der Waals surface area contributed by atoms with Gasteiger partial charge in [-0.05, 0) is 30.5 Å². The van der Waals surface area contributed by atoms with Gasteiger partial charge in [0.2, 0.25) is 5.91 Å². The third-order valence-corrected chi connectivity index (χ3v) is 3.19. The van der Waals surface area contributed by atoms with Crippen molar-refractivity contribution in [1.82, 2.24) is 0 Å². The maximum Gasteiger partial charge on any atom is 0.228 e. The Hall–Kier alpha value is -1.71. The molecule has 4 heteroatoms. The van der Waals surface area contributed by atoms with Gasteiger partial charge in [0.15, 0.2) is 0 Å². The Morgan fingerprint density at radius 3 is 2.78 bits per heavy atom. The second kappa shape index (κ2) is 4.88. The molecule has 1 aromatic carbocycles. The van der Waals surface area contributed by atoms with Crippen LogP contribution >= 0.6 is 0 Å². The summed E-state index contributed by atoms with van der Waals surface area (Å²) in [5.41, 5.74) is 9.80. The number of benzene rings is 1. The Labute approximate surface area is 108 Å². The SMILES string of the molecule is CCN(CC(C)C)c1cc2c(cc1N)CC(=O)N2. The Morgan fingerprint density at radius 1 is 1.44 bits per heavy atom. The smallest absolute Gasteiger partial charge is 0.228 e. The molecule has 3 N–H and O–H groups in total. The minimum atomic E-state index is 0.0495. The first kappa shape index (κ1) is 12.7. The number of nitrogens with zero attached hydrogens (tertiary/aromatic N) is 1. The van der Waals surface area contributed by atoms with Gasteiger partial charge < -0.3 is 16.0 Å². The summed E-state index contributed by atoms with van der Waals surface area (Å²) in [6, 6.07) is 3.92. The summed E-state index contributed by atoms with van der Waals surface area (Å²) in [5, 5.41) is 2.88. The Kier molecular flexibility index (Phi) is 3.45. The molecular formula is C14H21N3O. The summed E-state index contributed by atoms with van der Waals surface area (Å²) in [6.45, 7) is 8.37. The molecule has 2 rings (SSSR count). The van der Waals surface area contributed by atoms with Crippen LogP contribution < -0.4 is 16.0 Å². The van der Waals surface area contributed by atoms with Gasteiger partial charge in [-0.15, -0.1) is 0 Å². The van der Waals surface area contributed by atoms with Gasteiger partial charge in [0.25, 0.3) is 0 Å². The first-order chi connectivity index (χ1) is 8.51. The molecule has 1 aromatic rings. The van der Waals surface area contributed by atoms with Gasteiger partial charge in [-0.3, -0.25) is 4.79 Å². The average molecular weight is 247 g/mol. The van der Waals surface area contributed by atoms with Crippen LogP contribution in [-0.2, 0) is 11.2 Å². The van der Waals surface area contributed by atoms with Crippen molar-refractivity contribution in [1.29, 1.82) is 0 Å². The first-order valence-electron chi connectivity index (χ1n) is 6.48. The van der Waals surface area contributed by atoms with Crippen molar-refractivity contribution < 1.29 is 4.79 Å². The maximum absolute atomic E-state index is 11.4. The Bertz CT molecular complexity index is 468. The van der Waals surface area contributed by atoms with Crippen LogP contribution in [0.3, 0.4) is 0 Å². The van der Waals surface area contributed by atoms with E-state index in [1.807, 2.05) is 12.1 Å². The van der Waals surface area contributed by atoms with Gasteiger partial charge in [0.05, 0.1) is 17.8 Å². The number of carbonyl (C=O) groups is 1. The van der Waals surface area contributed by atoms with E-state index >= 15 is 0 Å². The molecule has 4 nitrogen and oxygen atoms in total.